The number of rotatable bonds is 10. The summed E-state index contributed by atoms with van der Waals surface area (Å²) in [6.07, 6.45) is 1.34. The summed E-state index contributed by atoms with van der Waals surface area (Å²) < 4.78 is 68.4. The average Bonchev–Trinajstić information content (AvgIpc) is 3.51. The molecule has 40 heavy (non-hydrogen) atoms. The Morgan fingerprint density at radius 3 is 2.55 bits per heavy atom. The first-order valence-electron chi connectivity index (χ1n) is 12.8. The molecule has 0 saturated carbocycles. The Labute approximate surface area is 232 Å². The normalized spacial score (nSPS) is 16.0. The molecular weight excluding hydrogens is 546 g/mol. The molecule has 0 radical (unpaired) electrons. The van der Waals surface area contributed by atoms with Crippen molar-refractivity contribution in [2.24, 2.45) is 0 Å². The van der Waals surface area contributed by atoms with Gasteiger partial charge in [-0.3, -0.25) is 9.29 Å². The number of carboxylic acid groups (broad SMARTS) is 1. The largest absolute Gasteiger partial charge is 0.489 e. The van der Waals surface area contributed by atoms with Crippen LogP contribution in [0.25, 0.3) is 20.5 Å². The van der Waals surface area contributed by atoms with Gasteiger partial charge < -0.3 is 14.6 Å². The number of ether oxygens (including phenoxy) is 2. The van der Waals surface area contributed by atoms with E-state index in [1.54, 1.807) is 30.3 Å². The van der Waals surface area contributed by atoms with Gasteiger partial charge in [0.15, 0.2) is 5.75 Å². The highest BCUT2D eigenvalue weighted by Gasteiger charge is 2.31. The van der Waals surface area contributed by atoms with Crippen LogP contribution in [0.5, 0.6) is 17.2 Å². The fraction of sp³-hybridized carbons (Fsp3) is 0.300. The van der Waals surface area contributed by atoms with Crippen molar-refractivity contribution in [1.29, 1.82) is 0 Å². The highest BCUT2D eigenvalue weighted by atomic mass is 32.1. The van der Waals surface area contributed by atoms with Crippen LogP contribution in [-0.4, -0.2) is 48.4 Å². The summed E-state index contributed by atoms with van der Waals surface area (Å²) in [4.78, 5) is 14.0. The molecule has 1 aliphatic rings. The summed E-state index contributed by atoms with van der Waals surface area (Å²) in [6.45, 7) is 2.64. The lowest BCUT2D eigenvalue weighted by Crippen LogP contribution is -2.26. The Hall–Kier alpha value is -3.63. The number of hydrogen-bond acceptors (Lipinski definition) is 5. The zero-order valence-electron chi connectivity index (χ0n) is 21.6. The van der Waals surface area contributed by atoms with E-state index in [0.29, 0.717) is 46.4 Å². The molecule has 4 aromatic rings. The molecule has 1 fully saturated rings. The number of carboxylic acids is 1. The van der Waals surface area contributed by atoms with Crippen LogP contribution in [0.1, 0.15) is 35.7 Å². The summed E-state index contributed by atoms with van der Waals surface area (Å²) in [5, 5.41) is 9.98. The highest BCUT2D eigenvalue weighted by Crippen LogP contribution is 2.49. The maximum absolute atomic E-state index is 14.5. The standard InChI is InChI=1S/C30H27F4NO4S/c1-30(33,34)25-16-19(32)4-10-23(25)28-27(24-9-3-18(29(36)37)15-26(24)40-28)39-21-7-5-20(6-8-21)38-22-11-14-35(17-22)13-2-12-31/h3-10,15-16,22H,2,11-14,17H2,1H3,(H,36,37). The van der Waals surface area contributed by atoms with E-state index in [2.05, 4.69) is 4.90 Å². The molecule has 10 heteroatoms. The summed E-state index contributed by atoms with van der Waals surface area (Å²) in [5.41, 5.74) is -0.354. The highest BCUT2D eigenvalue weighted by molar-refractivity contribution is 7.22. The van der Waals surface area contributed by atoms with Crippen LogP contribution < -0.4 is 9.47 Å². The topological polar surface area (TPSA) is 59.0 Å². The van der Waals surface area contributed by atoms with Crippen LogP contribution >= 0.6 is 11.3 Å². The Morgan fingerprint density at radius 2 is 1.85 bits per heavy atom. The van der Waals surface area contributed by atoms with Gasteiger partial charge in [-0.2, -0.15) is 0 Å². The fourth-order valence-electron chi connectivity index (χ4n) is 4.84. The molecule has 1 aliphatic heterocycles. The number of hydrogen-bond donors (Lipinski definition) is 1. The number of nitrogens with zero attached hydrogens (tertiary/aromatic N) is 1. The number of likely N-dealkylation sites (tertiary alicyclic amines) is 1. The van der Waals surface area contributed by atoms with Gasteiger partial charge in [-0.05, 0) is 67.4 Å². The van der Waals surface area contributed by atoms with Gasteiger partial charge in [-0.1, -0.05) is 6.07 Å². The Kier molecular flexibility index (Phi) is 8.00. The van der Waals surface area contributed by atoms with E-state index >= 15 is 0 Å². The minimum atomic E-state index is -3.34. The van der Waals surface area contributed by atoms with Crippen LogP contribution in [0.2, 0.25) is 0 Å². The second kappa shape index (κ2) is 11.5. The second-order valence-electron chi connectivity index (χ2n) is 9.80. The fourth-order valence-corrected chi connectivity index (χ4v) is 6.05. The Morgan fingerprint density at radius 1 is 1.10 bits per heavy atom. The van der Waals surface area contributed by atoms with E-state index in [1.807, 2.05) is 0 Å². The number of aromatic carboxylic acids is 1. The van der Waals surface area contributed by atoms with Crippen molar-refractivity contribution >= 4 is 27.4 Å². The molecule has 1 saturated heterocycles. The van der Waals surface area contributed by atoms with Crippen LogP contribution in [0.3, 0.4) is 0 Å². The van der Waals surface area contributed by atoms with Crippen molar-refractivity contribution in [2.75, 3.05) is 26.3 Å². The number of fused-ring (bicyclic) bond motifs is 1. The summed E-state index contributed by atoms with van der Waals surface area (Å²) in [5.74, 6) is -3.93. The zero-order valence-corrected chi connectivity index (χ0v) is 22.4. The maximum atomic E-state index is 14.5. The summed E-state index contributed by atoms with van der Waals surface area (Å²) in [7, 11) is 0. The van der Waals surface area contributed by atoms with Crippen LogP contribution in [0, 0.1) is 5.82 Å². The monoisotopic (exact) mass is 573 g/mol. The van der Waals surface area contributed by atoms with Crippen LogP contribution in [0.15, 0.2) is 60.7 Å². The molecule has 0 amide bonds. The molecule has 1 N–H and O–H groups in total. The third-order valence-corrected chi connectivity index (χ3v) is 7.94. The van der Waals surface area contributed by atoms with E-state index in [0.717, 1.165) is 43.0 Å². The molecule has 2 heterocycles. The number of thiophene rings is 1. The second-order valence-corrected chi connectivity index (χ2v) is 10.9. The zero-order chi connectivity index (χ0) is 28.4. The van der Waals surface area contributed by atoms with Crippen molar-refractivity contribution in [2.45, 2.75) is 31.8 Å². The Bertz CT molecular complexity index is 1520. The number of alkyl halides is 3. The molecule has 0 bridgehead atoms. The Balaban J connectivity index is 1.46. The molecule has 3 aromatic carbocycles. The van der Waals surface area contributed by atoms with Gasteiger partial charge in [-0.25, -0.2) is 18.0 Å². The molecule has 210 valence electrons. The molecular formula is C30H27F4NO4S. The first-order valence-corrected chi connectivity index (χ1v) is 13.6. The maximum Gasteiger partial charge on any atom is 0.335 e. The third-order valence-electron chi connectivity index (χ3n) is 6.77. The van der Waals surface area contributed by atoms with Crippen molar-refractivity contribution < 1.29 is 36.9 Å². The predicted octanol–water partition coefficient (Wildman–Crippen LogP) is 8.12. The van der Waals surface area contributed by atoms with Gasteiger partial charge in [0.1, 0.15) is 23.4 Å². The third kappa shape index (κ3) is 6.08. The van der Waals surface area contributed by atoms with Crippen LogP contribution in [0.4, 0.5) is 17.6 Å². The minimum Gasteiger partial charge on any atom is -0.489 e. The van der Waals surface area contributed by atoms with Gasteiger partial charge in [0, 0.05) is 47.8 Å². The lowest BCUT2D eigenvalue weighted by Gasteiger charge is -2.17. The molecule has 5 nitrogen and oxygen atoms in total. The average molecular weight is 574 g/mol. The van der Waals surface area contributed by atoms with Crippen molar-refractivity contribution in [3.63, 3.8) is 0 Å². The molecule has 1 aromatic heterocycles. The molecule has 1 atom stereocenters. The summed E-state index contributed by atoms with van der Waals surface area (Å²) in [6, 6.07) is 14.6. The SMILES string of the molecule is CC(F)(F)c1cc(F)ccc1-c1sc2cc(C(=O)O)ccc2c1Oc1ccc(OC2CCN(CCCF)C2)cc1. The molecule has 5 rings (SSSR count). The first-order chi connectivity index (χ1) is 19.1. The lowest BCUT2D eigenvalue weighted by molar-refractivity contribution is 0.0178. The van der Waals surface area contributed by atoms with Crippen LogP contribution in [-0.2, 0) is 5.92 Å². The molecule has 0 aliphatic carbocycles. The smallest absolute Gasteiger partial charge is 0.335 e. The predicted molar refractivity (Wildman–Crippen MR) is 146 cm³/mol. The minimum absolute atomic E-state index is 0.00478. The van der Waals surface area contributed by atoms with Gasteiger partial charge in [-0.15, -0.1) is 11.3 Å². The quantitative estimate of drug-likeness (QED) is 0.194. The molecule has 1 unspecified atom stereocenters. The number of halogens is 4. The number of benzene rings is 3. The van der Waals surface area contributed by atoms with Gasteiger partial charge in [0.25, 0.3) is 5.92 Å². The number of carbonyl (C=O) groups is 1. The lowest BCUT2D eigenvalue weighted by atomic mass is 10.00. The van der Waals surface area contributed by atoms with E-state index in [4.69, 9.17) is 9.47 Å². The molecule has 0 spiro atoms. The first kappa shape index (κ1) is 27.9. The van der Waals surface area contributed by atoms with Gasteiger partial charge in [0.05, 0.1) is 17.1 Å². The van der Waals surface area contributed by atoms with E-state index in [1.165, 1.54) is 18.2 Å². The van der Waals surface area contributed by atoms with Gasteiger partial charge in [0.2, 0.25) is 0 Å². The van der Waals surface area contributed by atoms with Gasteiger partial charge >= 0.3 is 5.97 Å². The summed E-state index contributed by atoms with van der Waals surface area (Å²) >= 11 is 1.10. The van der Waals surface area contributed by atoms with Crippen molar-refractivity contribution in [3.05, 3.63) is 77.6 Å². The van der Waals surface area contributed by atoms with E-state index in [-0.39, 0.29) is 29.7 Å². The van der Waals surface area contributed by atoms with Crippen molar-refractivity contribution in [3.8, 4) is 27.7 Å². The van der Waals surface area contributed by atoms with E-state index in [9.17, 15) is 27.5 Å². The van der Waals surface area contributed by atoms with E-state index < -0.39 is 23.3 Å². The van der Waals surface area contributed by atoms with Crippen molar-refractivity contribution in [1.82, 2.24) is 4.90 Å².